The molecule has 24 heavy (non-hydrogen) atoms. The Morgan fingerprint density at radius 3 is 2.50 bits per heavy atom. The van der Waals surface area contributed by atoms with Gasteiger partial charge in [-0.3, -0.25) is 9.69 Å². The molecule has 1 aromatic heterocycles. The Bertz CT molecular complexity index is 547. The van der Waals surface area contributed by atoms with Crippen LogP contribution in [0.4, 0.5) is 5.13 Å². The van der Waals surface area contributed by atoms with Gasteiger partial charge >= 0.3 is 0 Å². The van der Waals surface area contributed by atoms with Crippen molar-refractivity contribution in [2.75, 3.05) is 58.7 Å². The number of thiazole rings is 1. The number of piperazine rings is 1. The highest BCUT2D eigenvalue weighted by Gasteiger charge is 2.31. The molecule has 0 spiro atoms. The summed E-state index contributed by atoms with van der Waals surface area (Å²) in [6.07, 6.45) is 2.20. The van der Waals surface area contributed by atoms with E-state index in [9.17, 15) is 4.79 Å². The average Bonchev–Trinajstić information content (AvgIpc) is 3.10. The Morgan fingerprint density at radius 1 is 1.25 bits per heavy atom. The number of nitrogens with one attached hydrogen (secondary N) is 1. The number of amides is 1. The molecular formula is C17H29N5OS. The molecule has 3 heterocycles. The highest BCUT2D eigenvalue weighted by atomic mass is 32.1. The Hall–Kier alpha value is -1.18. The highest BCUT2D eigenvalue weighted by Crippen LogP contribution is 2.26. The van der Waals surface area contributed by atoms with E-state index in [-0.39, 0.29) is 5.91 Å². The molecule has 0 aromatic carbocycles. The van der Waals surface area contributed by atoms with Gasteiger partial charge in [0.05, 0.1) is 0 Å². The first-order valence-electron chi connectivity index (χ1n) is 8.93. The molecule has 0 bridgehead atoms. The van der Waals surface area contributed by atoms with Crippen LogP contribution >= 0.6 is 11.3 Å². The largest absolute Gasteiger partial charge is 0.365 e. The van der Waals surface area contributed by atoms with E-state index >= 15 is 0 Å². The van der Waals surface area contributed by atoms with Crippen LogP contribution in [0.25, 0.3) is 0 Å². The third-order valence-electron chi connectivity index (χ3n) is 5.56. The summed E-state index contributed by atoms with van der Waals surface area (Å²) in [6, 6.07) is 0.617. The second kappa shape index (κ2) is 7.80. The number of anilines is 1. The maximum Gasteiger partial charge on any atom is 0.273 e. The summed E-state index contributed by atoms with van der Waals surface area (Å²) in [5.41, 5.74) is 0.579. The van der Waals surface area contributed by atoms with Gasteiger partial charge in [-0.2, -0.15) is 0 Å². The van der Waals surface area contributed by atoms with Gasteiger partial charge in [0, 0.05) is 57.7 Å². The first kappa shape index (κ1) is 17.6. The molecule has 0 aliphatic carbocycles. The molecule has 1 atom stereocenters. The molecule has 2 saturated heterocycles. The number of carbonyl (C=O) groups is 1. The highest BCUT2D eigenvalue weighted by molar-refractivity contribution is 7.13. The minimum Gasteiger partial charge on any atom is -0.365 e. The van der Waals surface area contributed by atoms with Gasteiger partial charge in [0.15, 0.2) is 5.13 Å². The molecule has 0 saturated carbocycles. The first-order valence-corrected chi connectivity index (χ1v) is 9.81. The van der Waals surface area contributed by atoms with E-state index in [0.717, 1.165) is 31.1 Å². The first-order chi connectivity index (χ1) is 11.6. The van der Waals surface area contributed by atoms with E-state index in [1.54, 1.807) is 0 Å². The number of likely N-dealkylation sites (tertiary alicyclic amines) is 1. The Labute approximate surface area is 148 Å². The minimum atomic E-state index is 0.0819. The zero-order valence-corrected chi connectivity index (χ0v) is 15.8. The Morgan fingerprint density at radius 2 is 1.92 bits per heavy atom. The van der Waals surface area contributed by atoms with Gasteiger partial charge < -0.3 is 15.1 Å². The van der Waals surface area contributed by atoms with E-state index in [2.05, 4.69) is 34.1 Å². The standard InChI is InChI=1S/C17H29N5OS/c1-13(21-10-8-20(3)9-11-21)14-4-6-22(7-5-14)16(23)15-12-24-17(18-2)19-15/h12-14H,4-11H2,1-3H3,(H,18,19). The lowest BCUT2D eigenvalue weighted by molar-refractivity contribution is 0.0497. The number of hydrogen-bond acceptors (Lipinski definition) is 6. The van der Waals surface area contributed by atoms with Crippen LogP contribution in [0, 0.1) is 5.92 Å². The van der Waals surface area contributed by atoms with E-state index in [0.29, 0.717) is 17.7 Å². The van der Waals surface area contributed by atoms with Crippen molar-refractivity contribution in [1.82, 2.24) is 19.7 Å². The summed E-state index contributed by atoms with van der Waals surface area (Å²) in [4.78, 5) is 23.9. The van der Waals surface area contributed by atoms with Gasteiger partial charge in [-0.05, 0) is 32.7 Å². The molecule has 1 unspecified atom stereocenters. The van der Waals surface area contributed by atoms with Gasteiger partial charge in [0.25, 0.3) is 5.91 Å². The zero-order valence-electron chi connectivity index (χ0n) is 15.0. The lowest BCUT2D eigenvalue weighted by Crippen LogP contribution is -2.52. The summed E-state index contributed by atoms with van der Waals surface area (Å²) in [6.45, 7) is 8.75. The summed E-state index contributed by atoms with van der Waals surface area (Å²) in [5, 5.41) is 5.65. The lowest BCUT2D eigenvalue weighted by atomic mass is 9.89. The van der Waals surface area contributed by atoms with Crippen molar-refractivity contribution >= 4 is 22.4 Å². The summed E-state index contributed by atoms with van der Waals surface area (Å²) in [7, 11) is 4.03. The van der Waals surface area contributed by atoms with Crippen LogP contribution in [-0.2, 0) is 0 Å². The predicted molar refractivity (Wildman–Crippen MR) is 98.8 cm³/mol. The topological polar surface area (TPSA) is 51.7 Å². The monoisotopic (exact) mass is 351 g/mol. The van der Waals surface area contributed by atoms with E-state index in [1.165, 1.54) is 37.5 Å². The van der Waals surface area contributed by atoms with Gasteiger partial charge in [-0.1, -0.05) is 0 Å². The van der Waals surface area contributed by atoms with Crippen molar-refractivity contribution in [3.05, 3.63) is 11.1 Å². The van der Waals surface area contributed by atoms with Crippen LogP contribution in [0.1, 0.15) is 30.3 Å². The minimum absolute atomic E-state index is 0.0819. The molecule has 1 aromatic rings. The molecule has 2 aliphatic rings. The smallest absolute Gasteiger partial charge is 0.273 e. The summed E-state index contributed by atoms with van der Waals surface area (Å²) in [5.74, 6) is 0.777. The molecule has 3 rings (SSSR count). The van der Waals surface area contributed by atoms with Crippen molar-refractivity contribution in [2.45, 2.75) is 25.8 Å². The Kier molecular flexibility index (Phi) is 5.73. The van der Waals surface area contributed by atoms with Gasteiger partial charge in [-0.15, -0.1) is 11.3 Å². The number of hydrogen-bond donors (Lipinski definition) is 1. The third kappa shape index (κ3) is 3.90. The number of piperidine rings is 1. The van der Waals surface area contributed by atoms with Crippen LogP contribution in [-0.4, -0.2) is 85.0 Å². The second-order valence-corrected chi connectivity index (χ2v) is 7.86. The van der Waals surface area contributed by atoms with E-state index in [1.807, 2.05) is 17.3 Å². The number of rotatable bonds is 4. The van der Waals surface area contributed by atoms with Crippen molar-refractivity contribution in [1.29, 1.82) is 0 Å². The van der Waals surface area contributed by atoms with E-state index in [4.69, 9.17) is 0 Å². The maximum absolute atomic E-state index is 12.6. The van der Waals surface area contributed by atoms with Gasteiger partial charge in [0.1, 0.15) is 5.69 Å². The molecule has 0 radical (unpaired) electrons. The number of carbonyl (C=O) groups excluding carboxylic acids is 1. The quantitative estimate of drug-likeness (QED) is 0.894. The third-order valence-corrected chi connectivity index (χ3v) is 6.42. The van der Waals surface area contributed by atoms with Crippen molar-refractivity contribution in [3.8, 4) is 0 Å². The summed E-state index contributed by atoms with van der Waals surface area (Å²) < 4.78 is 0. The van der Waals surface area contributed by atoms with Crippen LogP contribution in [0.15, 0.2) is 5.38 Å². The fraction of sp³-hybridized carbons (Fsp3) is 0.765. The Balaban J connectivity index is 1.50. The molecule has 1 N–H and O–H groups in total. The molecule has 2 aliphatic heterocycles. The van der Waals surface area contributed by atoms with Crippen molar-refractivity contribution in [2.24, 2.45) is 5.92 Å². The fourth-order valence-electron chi connectivity index (χ4n) is 3.76. The SMILES string of the molecule is CNc1nc(C(=O)N2CCC(C(C)N3CCN(C)CC3)CC2)cs1. The lowest BCUT2D eigenvalue weighted by Gasteiger charge is -2.42. The normalized spacial score (nSPS) is 22.5. The number of aromatic nitrogens is 1. The van der Waals surface area contributed by atoms with Gasteiger partial charge in [0.2, 0.25) is 0 Å². The fourth-order valence-corrected chi connectivity index (χ4v) is 4.41. The number of likely N-dealkylation sites (N-methyl/N-ethyl adjacent to an activating group) is 1. The molecule has 7 heteroatoms. The second-order valence-electron chi connectivity index (χ2n) is 7.00. The van der Waals surface area contributed by atoms with Crippen LogP contribution in [0.5, 0.6) is 0 Å². The summed E-state index contributed by atoms with van der Waals surface area (Å²) >= 11 is 1.49. The predicted octanol–water partition coefficient (Wildman–Crippen LogP) is 1.67. The maximum atomic E-state index is 12.6. The van der Waals surface area contributed by atoms with Gasteiger partial charge in [-0.25, -0.2) is 4.98 Å². The molecule has 1 amide bonds. The van der Waals surface area contributed by atoms with Crippen LogP contribution < -0.4 is 5.32 Å². The van der Waals surface area contributed by atoms with E-state index < -0.39 is 0 Å². The zero-order chi connectivity index (χ0) is 17.1. The molecular weight excluding hydrogens is 322 g/mol. The number of nitrogens with zero attached hydrogens (tertiary/aromatic N) is 4. The van der Waals surface area contributed by atoms with Crippen molar-refractivity contribution in [3.63, 3.8) is 0 Å². The van der Waals surface area contributed by atoms with Crippen LogP contribution in [0.3, 0.4) is 0 Å². The van der Waals surface area contributed by atoms with Crippen molar-refractivity contribution < 1.29 is 4.79 Å². The average molecular weight is 352 g/mol. The van der Waals surface area contributed by atoms with Crippen LogP contribution in [0.2, 0.25) is 0 Å². The molecule has 134 valence electrons. The molecule has 2 fully saturated rings. The molecule has 6 nitrogen and oxygen atoms in total.